The Morgan fingerprint density at radius 1 is 0.315 bits per heavy atom. The molecule has 19 heteroatoms. The Hall–Kier alpha value is -3.24. The number of hydrogen-bond acceptors (Lipinski definition) is 15. The second kappa shape index (κ2) is 66.4. The minimum Gasteiger partial charge on any atom is -0.462 e. The van der Waals surface area contributed by atoms with Gasteiger partial charge in [-0.1, -0.05) is 268 Å². The molecule has 0 aromatic rings. The van der Waals surface area contributed by atoms with Crippen molar-refractivity contribution in [2.45, 2.75) is 341 Å². The van der Waals surface area contributed by atoms with Gasteiger partial charge in [-0.05, 0) is 89.9 Å². The molecule has 0 spiro atoms. The summed E-state index contributed by atoms with van der Waals surface area (Å²) in [5.41, 5.74) is 0. The zero-order valence-corrected chi connectivity index (χ0v) is 60.0. The third kappa shape index (κ3) is 65.4. The van der Waals surface area contributed by atoms with Crippen LogP contribution in [0, 0.1) is 0 Å². The van der Waals surface area contributed by atoms with Crippen LogP contribution in [0.1, 0.15) is 323 Å². The van der Waals surface area contributed by atoms with Gasteiger partial charge in [-0.3, -0.25) is 37.3 Å². The number of carbonyl (C=O) groups is 4. The van der Waals surface area contributed by atoms with E-state index in [1.807, 2.05) is 0 Å². The van der Waals surface area contributed by atoms with Crippen molar-refractivity contribution < 1.29 is 80.2 Å². The Kier molecular flexibility index (Phi) is 64.0. The zero-order chi connectivity index (χ0) is 67.5. The van der Waals surface area contributed by atoms with Crippen LogP contribution in [0.3, 0.4) is 0 Å². The van der Waals surface area contributed by atoms with E-state index in [1.165, 1.54) is 122 Å². The molecule has 5 atom stereocenters. The highest BCUT2D eigenvalue weighted by Crippen LogP contribution is 2.45. The summed E-state index contributed by atoms with van der Waals surface area (Å²) in [7, 11) is -9.93. The van der Waals surface area contributed by atoms with E-state index in [1.54, 1.807) is 0 Å². The molecule has 3 N–H and O–H groups in total. The predicted molar refractivity (Wildman–Crippen MR) is 372 cm³/mol. The van der Waals surface area contributed by atoms with E-state index >= 15 is 0 Å². The number of unbranched alkanes of at least 4 members (excludes halogenated alkanes) is 33. The van der Waals surface area contributed by atoms with Crippen LogP contribution in [0.2, 0.25) is 0 Å². The van der Waals surface area contributed by atoms with Crippen LogP contribution in [0.4, 0.5) is 0 Å². The highest BCUT2D eigenvalue weighted by Gasteiger charge is 2.30. The minimum atomic E-state index is -4.97. The Balaban J connectivity index is 5.33. The molecule has 0 aliphatic heterocycles. The van der Waals surface area contributed by atoms with Gasteiger partial charge in [0.05, 0.1) is 26.4 Å². The fraction of sp³-hybridized carbons (Fsp3) is 0.808. The number of phosphoric acid groups is 2. The number of rotatable bonds is 69. The molecule has 92 heavy (non-hydrogen) atoms. The molecule has 0 amide bonds. The van der Waals surface area contributed by atoms with Gasteiger partial charge < -0.3 is 33.8 Å². The molecule has 0 saturated heterocycles. The second-order valence-electron chi connectivity index (χ2n) is 24.5. The van der Waals surface area contributed by atoms with Gasteiger partial charge in [0.15, 0.2) is 12.2 Å². The fourth-order valence-corrected chi connectivity index (χ4v) is 11.5. The molecular formula is C73H132O17P2. The minimum absolute atomic E-state index is 0.0790. The SMILES string of the molecule is CC/C=C\C/C=C\C/C=C\C/C=C\CCCCC(=O)OCC(COP(=O)(O)OCC(O)COP(=O)(O)OCC(COC(=O)CCCCCCCCCCCCCCC)OC(=O)CCCCCCCCCCCCC)OC(=O)CCCCCCC/C=C\CCCCCC. The molecule has 536 valence electrons. The molecule has 0 bridgehead atoms. The first kappa shape index (κ1) is 88.8. The van der Waals surface area contributed by atoms with Crippen LogP contribution in [-0.2, 0) is 65.4 Å². The van der Waals surface area contributed by atoms with Gasteiger partial charge in [0.2, 0.25) is 0 Å². The highest BCUT2D eigenvalue weighted by molar-refractivity contribution is 7.47. The first-order chi connectivity index (χ1) is 44.7. The van der Waals surface area contributed by atoms with Gasteiger partial charge in [-0.15, -0.1) is 0 Å². The van der Waals surface area contributed by atoms with Crippen LogP contribution < -0.4 is 0 Å². The summed E-state index contributed by atoms with van der Waals surface area (Å²) in [5.74, 6) is -2.21. The summed E-state index contributed by atoms with van der Waals surface area (Å²) in [6.07, 6.45) is 62.3. The molecule has 0 aliphatic carbocycles. The predicted octanol–water partition coefficient (Wildman–Crippen LogP) is 20.3. The Labute approximate surface area is 559 Å². The first-order valence-electron chi connectivity index (χ1n) is 36.5. The summed E-state index contributed by atoms with van der Waals surface area (Å²) >= 11 is 0. The third-order valence-electron chi connectivity index (χ3n) is 15.5. The van der Waals surface area contributed by atoms with Crippen LogP contribution in [-0.4, -0.2) is 96.7 Å². The molecule has 0 saturated carbocycles. The number of aliphatic hydroxyl groups excluding tert-OH is 1. The number of allylic oxidation sites excluding steroid dienone is 10. The lowest BCUT2D eigenvalue weighted by atomic mass is 10.0. The van der Waals surface area contributed by atoms with Crippen molar-refractivity contribution in [2.75, 3.05) is 39.6 Å². The number of phosphoric ester groups is 2. The van der Waals surface area contributed by atoms with E-state index < -0.39 is 97.5 Å². The average molecular weight is 1340 g/mol. The lowest BCUT2D eigenvalue weighted by Crippen LogP contribution is -2.30. The van der Waals surface area contributed by atoms with E-state index in [0.717, 1.165) is 122 Å². The lowest BCUT2D eigenvalue weighted by Gasteiger charge is -2.21. The highest BCUT2D eigenvalue weighted by atomic mass is 31.2. The average Bonchev–Trinajstić information content (AvgIpc) is 2.73. The Bertz CT molecular complexity index is 1990. The third-order valence-corrected chi connectivity index (χ3v) is 17.4. The molecular weight excluding hydrogens is 1210 g/mol. The van der Waals surface area contributed by atoms with Crippen molar-refractivity contribution in [3.05, 3.63) is 60.8 Å². The molecule has 0 aromatic carbocycles. The zero-order valence-electron chi connectivity index (χ0n) is 58.2. The number of aliphatic hydroxyl groups is 1. The smallest absolute Gasteiger partial charge is 0.462 e. The van der Waals surface area contributed by atoms with Crippen LogP contribution in [0.5, 0.6) is 0 Å². The molecule has 0 radical (unpaired) electrons. The molecule has 17 nitrogen and oxygen atoms in total. The number of ether oxygens (including phenoxy) is 4. The molecule has 0 fully saturated rings. The van der Waals surface area contributed by atoms with E-state index in [2.05, 4.69) is 88.5 Å². The molecule has 0 aliphatic rings. The maximum atomic E-state index is 13.0. The number of carbonyl (C=O) groups excluding carboxylic acids is 4. The van der Waals surface area contributed by atoms with E-state index in [9.17, 15) is 43.2 Å². The maximum absolute atomic E-state index is 13.0. The molecule has 0 aromatic heterocycles. The van der Waals surface area contributed by atoms with E-state index in [-0.39, 0.29) is 25.7 Å². The molecule has 0 heterocycles. The summed E-state index contributed by atoms with van der Waals surface area (Å²) < 4.78 is 68.2. The maximum Gasteiger partial charge on any atom is 0.472 e. The molecule has 5 unspecified atom stereocenters. The first-order valence-corrected chi connectivity index (χ1v) is 39.5. The summed E-state index contributed by atoms with van der Waals surface area (Å²) in [6, 6.07) is 0. The van der Waals surface area contributed by atoms with Crippen LogP contribution in [0.15, 0.2) is 60.8 Å². The standard InChI is InChI=1S/C73H132O17P2/c1-5-9-13-17-21-25-29-32-33-36-39-42-46-50-54-58-71(76)84-64-69(90-73(78)60-56-52-48-44-40-35-31-27-23-19-15-11-7-3)66-88-92(81,82)86-62-67(74)61-85-91(79,80)87-65-68(89-72(77)59-55-51-47-43-37-28-24-20-16-12-8-4)63-83-70(75)57-53-49-45-41-38-34-30-26-22-18-14-10-6-2/h9,13,21,25,27,31-33,39,42,67-69,74H,5-8,10-12,14-20,22-24,26,28-30,34-38,40-41,43-66H2,1-4H3,(H,79,80)(H,81,82)/b13-9-,25-21-,31-27-,33-32-,42-39-. The van der Waals surface area contributed by atoms with Crippen LogP contribution >= 0.6 is 15.6 Å². The monoisotopic (exact) mass is 1340 g/mol. The van der Waals surface area contributed by atoms with Crippen LogP contribution in [0.25, 0.3) is 0 Å². The number of esters is 4. The van der Waals surface area contributed by atoms with Gasteiger partial charge in [-0.2, -0.15) is 0 Å². The van der Waals surface area contributed by atoms with E-state index in [0.29, 0.717) is 25.7 Å². The Morgan fingerprint density at radius 2 is 0.565 bits per heavy atom. The summed E-state index contributed by atoms with van der Waals surface area (Å²) in [6.45, 7) is 4.71. The van der Waals surface area contributed by atoms with Crippen molar-refractivity contribution in [1.82, 2.24) is 0 Å². The topological polar surface area (TPSA) is 237 Å². The van der Waals surface area contributed by atoms with Crippen molar-refractivity contribution >= 4 is 39.5 Å². The quantitative estimate of drug-likeness (QED) is 0.0169. The van der Waals surface area contributed by atoms with Gasteiger partial charge in [0, 0.05) is 25.7 Å². The van der Waals surface area contributed by atoms with E-state index in [4.69, 9.17) is 37.0 Å². The van der Waals surface area contributed by atoms with Gasteiger partial charge >= 0.3 is 39.5 Å². The lowest BCUT2D eigenvalue weighted by molar-refractivity contribution is -0.161. The van der Waals surface area contributed by atoms with Crippen molar-refractivity contribution in [3.63, 3.8) is 0 Å². The largest absolute Gasteiger partial charge is 0.472 e. The second-order valence-corrected chi connectivity index (χ2v) is 27.4. The van der Waals surface area contributed by atoms with Gasteiger partial charge in [0.25, 0.3) is 0 Å². The van der Waals surface area contributed by atoms with Crippen molar-refractivity contribution in [2.24, 2.45) is 0 Å². The number of hydrogen-bond donors (Lipinski definition) is 3. The van der Waals surface area contributed by atoms with Crippen molar-refractivity contribution in [1.29, 1.82) is 0 Å². The van der Waals surface area contributed by atoms with Crippen molar-refractivity contribution in [3.8, 4) is 0 Å². The Morgan fingerprint density at radius 3 is 0.913 bits per heavy atom. The van der Waals surface area contributed by atoms with Gasteiger partial charge in [0.1, 0.15) is 19.3 Å². The normalized spacial score (nSPS) is 14.4. The van der Waals surface area contributed by atoms with Gasteiger partial charge in [-0.25, -0.2) is 9.13 Å². The fourth-order valence-electron chi connectivity index (χ4n) is 9.91. The summed E-state index contributed by atoms with van der Waals surface area (Å²) in [4.78, 5) is 72.6. The summed E-state index contributed by atoms with van der Waals surface area (Å²) in [5, 5.41) is 10.6. The molecule has 0 rings (SSSR count).